The van der Waals surface area contributed by atoms with E-state index in [1.54, 1.807) is 4.52 Å². The minimum absolute atomic E-state index is 0.0973. The third-order valence-corrected chi connectivity index (χ3v) is 5.24. The number of anilines is 1. The molecule has 0 amide bonds. The molecule has 5 aromatic rings. The Bertz CT molecular complexity index is 1310. The highest BCUT2D eigenvalue weighted by atomic mass is 35.5. The van der Waals surface area contributed by atoms with Gasteiger partial charge in [0, 0.05) is 22.0 Å². The topological polar surface area (TPSA) is 55.1 Å². The second-order valence-corrected chi connectivity index (χ2v) is 7.37. The van der Waals surface area contributed by atoms with Crippen molar-refractivity contribution in [2.45, 2.75) is 13.0 Å². The van der Waals surface area contributed by atoms with Crippen molar-refractivity contribution in [1.29, 1.82) is 0 Å². The second kappa shape index (κ2) is 7.18. The fourth-order valence-corrected chi connectivity index (χ4v) is 3.72. The van der Waals surface area contributed by atoms with Gasteiger partial charge < -0.3 is 5.32 Å². The lowest BCUT2D eigenvalue weighted by Crippen LogP contribution is -2.09. The van der Waals surface area contributed by atoms with Crippen molar-refractivity contribution < 1.29 is 0 Å². The number of benzene rings is 3. The van der Waals surface area contributed by atoms with Gasteiger partial charge in [-0.3, -0.25) is 0 Å². The number of hydrogen-bond donors (Lipinski definition) is 1. The molecule has 2 aromatic heterocycles. The van der Waals surface area contributed by atoms with Crippen LogP contribution in [0.3, 0.4) is 0 Å². The Kier molecular flexibility index (Phi) is 4.37. The van der Waals surface area contributed by atoms with E-state index in [0.717, 1.165) is 22.3 Å². The van der Waals surface area contributed by atoms with Crippen molar-refractivity contribution in [2.24, 2.45) is 0 Å². The van der Waals surface area contributed by atoms with E-state index in [9.17, 15) is 0 Å². The number of para-hydroxylation sites is 1. The number of halogens is 1. The quantitative estimate of drug-likeness (QED) is 0.416. The fraction of sp³-hybridized carbons (Fsp3) is 0.0870. The molecule has 0 aliphatic heterocycles. The van der Waals surface area contributed by atoms with Gasteiger partial charge in [-0.25, -0.2) is 4.98 Å². The molecule has 1 N–H and O–H groups in total. The van der Waals surface area contributed by atoms with E-state index in [0.29, 0.717) is 16.4 Å². The van der Waals surface area contributed by atoms with Crippen LogP contribution in [0.2, 0.25) is 5.02 Å². The SMILES string of the molecule is CC(Nc1nc2c(-c3cccc(Cl)c3)nnn2c2ccccc12)c1ccccc1. The van der Waals surface area contributed by atoms with Crippen LogP contribution >= 0.6 is 11.6 Å². The third kappa shape index (κ3) is 3.19. The summed E-state index contributed by atoms with van der Waals surface area (Å²) in [6, 6.07) is 26.1. The van der Waals surface area contributed by atoms with Gasteiger partial charge in [-0.1, -0.05) is 71.4 Å². The highest BCUT2D eigenvalue weighted by Crippen LogP contribution is 2.30. The van der Waals surface area contributed by atoms with Crippen LogP contribution in [0.15, 0.2) is 78.9 Å². The van der Waals surface area contributed by atoms with Gasteiger partial charge in [0.1, 0.15) is 11.5 Å². The molecule has 5 nitrogen and oxygen atoms in total. The Morgan fingerprint density at radius 3 is 2.55 bits per heavy atom. The Balaban J connectivity index is 1.69. The van der Waals surface area contributed by atoms with E-state index in [2.05, 4.69) is 34.7 Å². The molecule has 0 fully saturated rings. The summed E-state index contributed by atoms with van der Waals surface area (Å²) in [6.07, 6.45) is 0. The van der Waals surface area contributed by atoms with Crippen LogP contribution in [0.1, 0.15) is 18.5 Å². The Morgan fingerprint density at radius 1 is 0.931 bits per heavy atom. The van der Waals surface area contributed by atoms with E-state index in [-0.39, 0.29) is 6.04 Å². The van der Waals surface area contributed by atoms with Crippen molar-refractivity contribution in [3.05, 3.63) is 89.4 Å². The van der Waals surface area contributed by atoms with Gasteiger partial charge >= 0.3 is 0 Å². The molecule has 0 bridgehead atoms. The van der Waals surface area contributed by atoms with Gasteiger partial charge in [0.15, 0.2) is 5.65 Å². The van der Waals surface area contributed by atoms with Gasteiger partial charge in [0.2, 0.25) is 0 Å². The van der Waals surface area contributed by atoms with Crippen LogP contribution < -0.4 is 5.32 Å². The summed E-state index contributed by atoms with van der Waals surface area (Å²) in [5.74, 6) is 0.801. The zero-order valence-corrected chi connectivity index (χ0v) is 16.5. The van der Waals surface area contributed by atoms with Crippen LogP contribution in [-0.2, 0) is 0 Å². The molecule has 0 saturated carbocycles. The van der Waals surface area contributed by atoms with E-state index in [1.807, 2.05) is 66.7 Å². The monoisotopic (exact) mass is 399 g/mol. The zero-order chi connectivity index (χ0) is 19.8. The van der Waals surface area contributed by atoms with E-state index in [1.165, 1.54) is 5.56 Å². The van der Waals surface area contributed by atoms with Crippen molar-refractivity contribution in [1.82, 2.24) is 19.8 Å². The zero-order valence-electron chi connectivity index (χ0n) is 15.7. The van der Waals surface area contributed by atoms with Crippen LogP contribution in [-0.4, -0.2) is 19.8 Å². The van der Waals surface area contributed by atoms with E-state index < -0.39 is 0 Å². The third-order valence-electron chi connectivity index (χ3n) is 5.00. The molecule has 3 aromatic carbocycles. The van der Waals surface area contributed by atoms with Crippen LogP contribution in [0.25, 0.3) is 27.8 Å². The maximum atomic E-state index is 6.19. The van der Waals surface area contributed by atoms with Crippen molar-refractivity contribution in [3.8, 4) is 11.3 Å². The molecule has 142 valence electrons. The summed E-state index contributed by atoms with van der Waals surface area (Å²) in [5, 5.41) is 14.0. The summed E-state index contributed by atoms with van der Waals surface area (Å²) in [6.45, 7) is 2.13. The molecule has 0 spiro atoms. The number of rotatable bonds is 4. The first-order chi connectivity index (χ1) is 14.2. The molecule has 29 heavy (non-hydrogen) atoms. The molecule has 2 heterocycles. The number of aromatic nitrogens is 4. The molecule has 6 heteroatoms. The number of fused-ring (bicyclic) bond motifs is 3. The molecule has 1 unspecified atom stereocenters. The Morgan fingerprint density at radius 2 is 1.72 bits per heavy atom. The van der Waals surface area contributed by atoms with Gasteiger partial charge in [0.05, 0.1) is 5.52 Å². The maximum absolute atomic E-state index is 6.19. The smallest absolute Gasteiger partial charge is 0.186 e. The lowest BCUT2D eigenvalue weighted by atomic mass is 10.1. The molecule has 0 saturated heterocycles. The molecule has 0 radical (unpaired) electrons. The van der Waals surface area contributed by atoms with Crippen LogP contribution in [0.5, 0.6) is 0 Å². The summed E-state index contributed by atoms with van der Waals surface area (Å²) < 4.78 is 1.78. The average molecular weight is 400 g/mol. The van der Waals surface area contributed by atoms with Crippen LogP contribution in [0.4, 0.5) is 5.82 Å². The molecule has 0 aliphatic rings. The van der Waals surface area contributed by atoms with Gasteiger partial charge in [-0.15, -0.1) is 5.10 Å². The highest BCUT2D eigenvalue weighted by molar-refractivity contribution is 6.30. The minimum atomic E-state index is 0.0973. The number of nitrogens with one attached hydrogen (secondary N) is 1. The first kappa shape index (κ1) is 17.6. The number of hydrogen-bond acceptors (Lipinski definition) is 4. The maximum Gasteiger partial charge on any atom is 0.186 e. The lowest BCUT2D eigenvalue weighted by molar-refractivity contribution is 0.862. The largest absolute Gasteiger partial charge is 0.363 e. The normalized spacial score (nSPS) is 12.3. The summed E-state index contributed by atoms with van der Waals surface area (Å²) in [4.78, 5) is 4.92. The lowest BCUT2D eigenvalue weighted by Gasteiger charge is -2.17. The first-order valence-corrected chi connectivity index (χ1v) is 9.80. The molecule has 1 atom stereocenters. The van der Waals surface area contributed by atoms with Gasteiger partial charge in [0.25, 0.3) is 0 Å². The van der Waals surface area contributed by atoms with E-state index in [4.69, 9.17) is 16.6 Å². The standard InChI is InChI=1S/C23H18ClN5/c1-15(16-8-3-2-4-9-16)25-22-19-12-5-6-13-20(19)29-23(26-22)21(27-28-29)17-10-7-11-18(24)14-17/h2-15H,1H3,(H,25,26). The predicted molar refractivity (Wildman–Crippen MR) is 117 cm³/mol. The highest BCUT2D eigenvalue weighted by Gasteiger charge is 2.17. The predicted octanol–water partition coefficient (Wildman–Crippen LogP) is 5.77. The summed E-state index contributed by atoms with van der Waals surface area (Å²) in [7, 11) is 0. The van der Waals surface area contributed by atoms with Crippen molar-refractivity contribution in [3.63, 3.8) is 0 Å². The second-order valence-electron chi connectivity index (χ2n) is 6.94. The molecular weight excluding hydrogens is 382 g/mol. The Hall–Kier alpha value is -3.44. The molecule has 5 rings (SSSR count). The minimum Gasteiger partial charge on any atom is -0.363 e. The average Bonchev–Trinajstić information content (AvgIpc) is 3.18. The van der Waals surface area contributed by atoms with Gasteiger partial charge in [-0.05, 0) is 36.8 Å². The van der Waals surface area contributed by atoms with Crippen molar-refractivity contribution in [2.75, 3.05) is 5.32 Å². The van der Waals surface area contributed by atoms with Gasteiger partial charge in [-0.2, -0.15) is 4.52 Å². The van der Waals surface area contributed by atoms with E-state index >= 15 is 0 Å². The Labute approximate surface area is 173 Å². The fourth-order valence-electron chi connectivity index (χ4n) is 3.53. The molecule has 0 aliphatic carbocycles. The van der Waals surface area contributed by atoms with Crippen molar-refractivity contribution >= 4 is 34.0 Å². The summed E-state index contributed by atoms with van der Waals surface area (Å²) in [5.41, 5.74) is 4.42. The summed E-state index contributed by atoms with van der Waals surface area (Å²) >= 11 is 6.19. The molecular formula is C23H18ClN5. The first-order valence-electron chi connectivity index (χ1n) is 9.42. The number of nitrogens with zero attached hydrogens (tertiary/aromatic N) is 4. The van der Waals surface area contributed by atoms with Crippen LogP contribution in [0, 0.1) is 0 Å².